The van der Waals surface area contributed by atoms with Gasteiger partial charge in [-0.3, -0.25) is 0 Å². The highest BCUT2D eigenvalue weighted by Gasteiger charge is 2.30. The zero-order valence-electron chi connectivity index (χ0n) is 14.9. The highest BCUT2D eigenvalue weighted by molar-refractivity contribution is 6.33. The largest absolute Gasteiger partial charge is 0.454 e. The maximum atomic E-state index is 12.5. The molecule has 1 amide bonds. The number of rotatable bonds is 3. The number of carbonyl (C=O) groups excluding carboxylic acids is 1. The van der Waals surface area contributed by atoms with Crippen molar-refractivity contribution in [2.75, 3.05) is 25.2 Å². The Morgan fingerprint density at radius 2 is 2.04 bits per heavy atom. The number of ether oxygens (including phenoxy) is 3. The molecule has 3 rings (SSSR count). The van der Waals surface area contributed by atoms with Gasteiger partial charge in [-0.2, -0.15) is 0 Å². The molecule has 0 bridgehead atoms. The highest BCUT2D eigenvalue weighted by Crippen LogP contribution is 2.39. The fourth-order valence-electron chi connectivity index (χ4n) is 3.05. The maximum Gasteiger partial charge on any atom is 0.410 e. The normalized spacial score (nSPS) is 19.7. The second-order valence-electron chi connectivity index (χ2n) is 7.39. The number of hydrogen-bond donors (Lipinski definition) is 1. The van der Waals surface area contributed by atoms with Gasteiger partial charge in [-0.05, 0) is 40.0 Å². The summed E-state index contributed by atoms with van der Waals surface area (Å²) < 4.78 is 16.3. The molecule has 1 atom stereocenters. The van der Waals surface area contributed by atoms with E-state index in [-0.39, 0.29) is 18.9 Å². The Morgan fingerprint density at radius 1 is 1.32 bits per heavy atom. The molecule has 2 heterocycles. The van der Waals surface area contributed by atoms with E-state index in [1.165, 1.54) is 0 Å². The summed E-state index contributed by atoms with van der Waals surface area (Å²) in [4.78, 5) is 14.3. The standard InChI is InChI=1S/C18H25ClN2O4/c1-18(2,3)25-17(22)21-7-5-4-6-12(21)10-20-14-9-16-15(8-13(14)19)23-11-24-16/h8-9,12,20H,4-7,10-11H2,1-3H3. The van der Waals surface area contributed by atoms with E-state index in [1.807, 2.05) is 31.7 Å². The minimum atomic E-state index is -0.493. The molecule has 1 saturated heterocycles. The number of nitrogens with one attached hydrogen (secondary N) is 1. The topological polar surface area (TPSA) is 60.0 Å². The molecule has 138 valence electrons. The second-order valence-corrected chi connectivity index (χ2v) is 7.80. The predicted octanol–water partition coefficient (Wildman–Crippen LogP) is 4.27. The van der Waals surface area contributed by atoms with E-state index in [0.29, 0.717) is 23.1 Å². The lowest BCUT2D eigenvalue weighted by molar-refractivity contribution is 0.0114. The average Bonchev–Trinajstić information content (AvgIpc) is 2.98. The van der Waals surface area contributed by atoms with Crippen molar-refractivity contribution in [2.45, 2.75) is 51.7 Å². The molecule has 1 fully saturated rings. The summed E-state index contributed by atoms with van der Waals surface area (Å²) in [6.07, 6.45) is 2.78. The van der Waals surface area contributed by atoms with Gasteiger partial charge in [0.2, 0.25) is 6.79 Å². The zero-order chi connectivity index (χ0) is 18.0. The molecular weight excluding hydrogens is 344 g/mol. The van der Waals surface area contributed by atoms with Crippen LogP contribution in [-0.4, -0.2) is 42.5 Å². The predicted molar refractivity (Wildman–Crippen MR) is 96.6 cm³/mol. The number of piperidine rings is 1. The van der Waals surface area contributed by atoms with Gasteiger partial charge >= 0.3 is 6.09 Å². The summed E-state index contributed by atoms with van der Waals surface area (Å²) in [6.45, 7) is 7.19. The van der Waals surface area contributed by atoms with E-state index in [9.17, 15) is 4.79 Å². The van der Waals surface area contributed by atoms with Gasteiger partial charge in [-0.1, -0.05) is 11.6 Å². The lowest BCUT2D eigenvalue weighted by Crippen LogP contribution is -2.48. The first-order valence-electron chi connectivity index (χ1n) is 8.66. The summed E-state index contributed by atoms with van der Waals surface area (Å²) in [5.41, 5.74) is 0.285. The van der Waals surface area contributed by atoms with Crippen molar-refractivity contribution >= 4 is 23.4 Å². The van der Waals surface area contributed by atoms with Gasteiger partial charge < -0.3 is 24.4 Å². The van der Waals surface area contributed by atoms with Crippen LogP contribution >= 0.6 is 11.6 Å². The number of anilines is 1. The van der Waals surface area contributed by atoms with Gasteiger partial charge in [0.25, 0.3) is 0 Å². The minimum Gasteiger partial charge on any atom is -0.454 e. The van der Waals surface area contributed by atoms with E-state index in [2.05, 4.69) is 5.32 Å². The van der Waals surface area contributed by atoms with E-state index >= 15 is 0 Å². The van der Waals surface area contributed by atoms with Gasteiger partial charge in [0.1, 0.15) is 5.60 Å². The SMILES string of the molecule is CC(C)(C)OC(=O)N1CCCCC1CNc1cc2c(cc1Cl)OCO2. The molecule has 25 heavy (non-hydrogen) atoms. The van der Waals surface area contributed by atoms with Crippen LogP contribution in [0.3, 0.4) is 0 Å². The number of amides is 1. The first kappa shape index (κ1) is 18.0. The molecular formula is C18H25ClN2O4. The maximum absolute atomic E-state index is 12.5. The summed E-state index contributed by atoms with van der Waals surface area (Å²) in [5, 5.41) is 3.92. The summed E-state index contributed by atoms with van der Waals surface area (Å²) in [6, 6.07) is 3.66. The lowest BCUT2D eigenvalue weighted by Gasteiger charge is -2.37. The Bertz CT molecular complexity index is 645. The number of benzene rings is 1. The third kappa shape index (κ3) is 4.42. The van der Waals surface area contributed by atoms with Gasteiger partial charge in [-0.25, -0.2) is 4.79 Å². The van der Waals surface area contributed by atoms with E-state index < -0.39 is 5.60 Å². The van der Waals surface area contributed by atoms with Crippen LogP contribution < -0.4 is 14.8 Å². The quantitative estimate of drug-likeness (QED) is 0.863. The van der Waals surface area contributed by atoms with Crippen molar-refractivity contribution in [3.63, 3.8) is 0 Å². The van der Waals surface area contributed by atoms with E-state index in [4.69, 9.17) is 25.8 Å². The smallest absolute Gasteiger partial charge is 0.410 e. The summed E-state index contributed by atoms with van der Waals surface area (Å²) in [5.74, 6) is 1.34. The van der Waals surface area contributed by atoms with Crippen LogP contribution in [0.25, 0.3) is 0 Å². The number of hydrogen-bond acceptors (Lipinski definition) is 5. The van der Waals surface area contributed by atoms with Crippen molar-refractivity contribution in [1.29, 1.82) is 0 Å². The number of halogens is 1. The summed E-state index contributed by atoms with van der Waals surface area (Å²) >= 11 is 6.31. The molecule has 1 unspecified atom stereocenters. The first-order valence-corrected chi connectivity index (χ1v) is 9.04. The molecule has 2 aliphatic heterocycles. The molecule has 1 aromatic rings. The fourth-order valence-corrected chi connectivity index (χ4v) is 3.27. The molecule has 2 aliphatic rings. The highest BCUT2D eigenvalue weighted by atomic mass is 35.5. The fraction of sp³-hybridized carbons (Fsp3) is 0.611. The Kier molecular flexibility index (Phi) is 5.18. The van der Waals surface area contributed by atoms with Gasteiger partial charge in [0, 0.05) is 25.2 Å². The average molecular weight is 369 g/mol. The van der Waals surface area contributed by atoms with Gasteiger partial charge in [-0.15, -0.1) is 0 Å². The molecule has 0 radical (unpaired) electrons. The van der Waals surface area contributed by atoms with Crippen LogP contribution in [0.2, 0.25) is 5.02 Å². The van der Waals surface area contributed by atoms with E-state index in [1.54, 1.807) is 6.07 Å². The van der Waals surface area contributed by atoms with Crippen LogP contribution in [0.15, 0.2) is 12.1 Å². The number of likely N-dealkylation sites (tertiary alicyclic amines) is 1. The van der Waals surface area contributed by atoms with E-state index in [0.717, 1.165) is 31.5 Å². The zero-order valence-corrected chi connectivity index (χ0v) is 15.7. The number of fused-ring (bicyclic) bond motifs is 1. The van der Waals surface area contributed by atoms with Crippen LogP contribution in [0.1, 0.15) is 40.0 Å². The summed E-state index contributed by atoms with van der Waals surface area (Å²) in [7, 11) is 0. The van der Waals surface area contributed by atoms with Crippen molar-refractivity contribution in [3.05, 3.63) is 17.2 Å². The van der Waals surface area contributed by atoms with Gasteiger partial charge in [0.05, 0.1) is 16.8 Å². The van der Waals surface area contributed by atoms with Gasteiger partial charge in [0.15, 0.2) is 11.5 Å². The molecule has 0 aromatic heterocycles. The molecule has 7 heteroatoms. The minimum absolute atomic E-state index is 0.0742. The van der Waals surface area contributed by atoms with Crippen LogP contribution in [0, 0.1) is 0 Å². The van der Waals surface area contributed by atoms with Crippen molar-refractivity contribution < 1.29 is 19.0 Å². The Morgan fingerprint density at radius 3 is 2.76 bits per heavy atom. The molecule has 0 spiro atoms. The molecule has 1 aromatic carbocycles. The van der Waals surface area contributed by atoms with Crippen LogP contribution in [-0.2, 0) is 4.74 Å². The number of nitrogens with zero attached hydrogens (tertiary/aromatic N) is 1. The molecule has 1 N–H and O–H groups in total. The monoisotopic (exact) mass is 368 g/mol. The third-order valence-corrected chi connectivity index (χ3v) is 4.56. The lowest BCUT2D eigenvalue weighted by atomic mass is 10.0. The van der Waals surface area contributed by atoms with Crippen molar-refractivity contribution in [2.24, 2.45) is 0 Å². The Hall–Kier alpha value is -1.82. The molecule has 0 saturated carbocycles. The van der Waals surface area contributed by atoms with Crippen molar-refractivity contribution in [3.8, 4) is 11.5 Å². The molecule has 6 nitrogen and oxygen atoms in total. The van der Waals surface area contributed by atoms with Crippen LogP contribution in [0.5, 0.6) is 11.5 Å². The van der Waals surface area contributed by atoms with Crippen molar-refractivity contribution in [1.82, 2.24) is 4.90 Å². The van der Waals surface area contributed by atoms with Crippen LogP contribution in [0.4, 0.5) is 10.5 Å². The Labute approximate surface area is 153 Å². The third-order valence-electron chi connectivity index (χ3n) is 4.25. The Balaban J connectivity index is 1.65. The first-order chi connectivity index (χ1) is 11.8. The number of carbonyl (C=O) groups is 1. The molecule has 0 aliphatic carbocycles. The second kappa shape index (κ2) is 7.20.